The normalized spacial score (nSPS) is 12.8. The van der Waals surface area contributed by atoms with Gasteiger partial charge in [-0.3, -0.25) is 4.79 Å². The van der Waals surface area contributed by atoms with Gasteiger partial charge in [0.1, 0.15) is 22.9 Å². The Balaban J connectivity index is 0.00000259. The van der Waals surface area contributed by atoms with E-state index in [0.29, 0.717) is 49.6 Å². The molecule has 3 aromatic rings. The van der Waals surface area contributed by atoms with Crippen molar-refractivity contribution in [2.24, 2.45) is 0 Å². The van der Waals surface area contributed by atoms with Crippen molar-refractivity contribution in [2.75, 3.05) is 68.2 Å². The standard InChI is InChI=1S/C27H30F3N9O3.C2H6/c1-5-22(40)32-17-7-6-8-18(15-17)33-23-19(27(28,29)30)16-31-25(36-23)34-20-9-10-21(35-24(20)42-4)38-11-13-39(14-12-38)26(41)37(2)3;1-2/h5-10,15-16H,1,11-14H2,2-4H3,(H,32,40)(H2,31,33,34,36);1-2H3. The van der Waals surface area contributed by atoms with Gasteiger partial charge in [-0.1, -0.05) is 26.5 Å². The van der Waals surface area contributed by atoms with Crippen molar-refractivity contribution in [3.05, 3.63) is 60.8 Å². The van der Waals surface area contributed by atoms with Crippen LogP contribution in [0.5, 0.6) is 5.88 Å². The van der Waals surface area contributed by atoms with Crippen molar-refractivity contribution >= 4 is 46.6 Å². The molecule has 236 valence electrons. The highest BCUT2D eigenvalue weighted by Crippen LogP contribution is 2.36. The first kappa shape index (κ1) is 33.4. The lowest BCUT2D eigenvalue weighted by atomic mass is 10.2. The van der Waals surface area contributed by atoms with Crippen LogP contribution in [0.15, 0.2) is 55.3 Å². The van der Waals surface area contributed by atoms with Gasteiger partial charge in [0.05, 0.1) is 7.11 Å². The third-order valence-electron chi connectivity index (χ3n) is 6.21. The van der Waals surface area contributed by atoms with Gasteiger partial charge in [-0.15, -0.1) is 0 Å². The van der Waals surface area contributed by atoms with Crippen LogP contribution in [0.3, 0.4) is 0 Å². The second-order valence-electron chi connectivity index (χ2n) is 9.36. The largest absolute Gasteiger partial charge is 0.479 e. The Morgan fingerprint density at radius 2 is 1.70 bits per heavy atom. The number of amides is 3. The fraction of sp³-hybridized carbons (Fsp3) is 0.345. The quantitative estimate of drug-likeness (QED) is 0.288. The Morgan fingerprint density at radius 1 is 1.02 bits per heavy atom. The van der Waals surface area contributed by atoms with Crippen molar-refractivity contribution in [2.45, 2.75) is 20.0 Å². The van der Waals surface area contributed by atoms with Crippen LogP contribution in [-0.2, 0) is 11.0 Å². The molecule has 0 radical (unpaired) electrons. The average molecular weight is 616 g/mol. The number of ether oxygens (including phenoxy) is 1. The number of aromatic nitrogens is 3. The van der Waals surface area contributed by atoms with Gasteiger partial charge < -0.3 is 35.4 Å². The molecule has 0 saturated carbocycles. The molecule has 3 amide bonds. The third kappa shape index (κ3) is 8.49. The number of halogens is 3. The van der Waals surface area contributed by atoms with Crippen LogP contribution in [0, 0.1) is 0 Å². The number of rotatable bonds is 8. The summed E-state index contributed by atoms with van der Waals surface area (Å²) < 4.78 is 46.8. The van der Waals surface area contributed by atoms with Gasteiger partial charge in [0.15, 0.2) is 0 Å². The lowest BCUT2D eigenvalue weighted by Gasteiger charge is -2.36. The number of anilines is 6. The number of nitrogens with zero attached hydrogens (tertiary/aromatic N) is 6. The molecule has 0 bridgehead atoms. The van der Waals surface area contributed by atoms with E-state index < -0.39 is 23.5 Å². The molecule has 4 rings (SSSR count). The SMILES string of the molecule is C=CC(=O)Nc1cccc(Nc2nc(Nc3ccc(N4CCN(C(=O)N(C)C)CC4)nc3OC)ncc2C(F)(F)F)c1.CC. The summed E-state index contributed by atoms with van der Waals surface area (Å²) in [5, 5.41) is 8.09. The molecule has 3 N–H and O–H groups in total. The molecule has 2 aromatic heterocycles. The van der Waals surface area contributed by atoms with Gasteiger partial charge >= 0.3 is 12.2 Å². The van der Waals surface area contributed by atoms with Crippen LogP contribution in [0.2, 0.25) is 0 Å². The summed E-state index contributed by atoms with van der Waals surface area (Å²) in [5.74, 6) is -0.297. The van der Waals surface area contributed by atoms with Crippen molar-refractivity contribution in [1.82, 2.24) is 24.8 Å². The minimum atomic E-state index is -4.74. The molecular formula is C29H36F3N9O3. The van der Waals surface area contributed by atoms with E-state index >= 15 is 0 Å². The van der Waals surface area contributed by atoms with Crippen LogP contribution in [0.1, 0.15) is 19.4 Å². The summed E-state index contributed by atoms with van der Waals surface area (Å²) in [4.78, 5) is 41.6. The zero-order valence-electron chi connectivity index (χ0n) is 25.2. The van der Waals surface area contributed by atoms with Crippen LogP contribution in [-0.4, -0.2) is 84.1 Å². The number of hydrogen-bond donors (Lipinski definition) is 3. The highest BCUT2D eigenvalue weighted by atomic mass is 19.4. The van der Waals surface area contributed by atoms with Crippen molar-refractivity contribution in [3.63, 3.8) is 0 Å². The molecule has 1 saturated heterocycles. The summed E-state index contributed by atoms with van der Waals surface area (Å²) in [6.45, 7) is 9.57. The van der Waals surface area contributed by atoms with Crippen molar-refractivity contribution in [3.8, 4) is 5.88 Å². The highest BCUT2D eigenvalue weighted by Gasteiger charge is 2.35. The van der Waals surface area contributed by atoms with Gasteiger partial charge in [0.25, 0.3) is 0 Å². The number of carbonyl (C=O) groups is 2. The molecule has 1 fully saturated rings. The molecule has 44 heavy (non-hydrogen) atoms. The predicted molar refractivity (Wildman–Crippen MR) is 164 cm³/mol. The van der Waals surface area contributed by atoms with Crippen molar-refractivity contribution < 1.29 is 27.5 Å². The Bertz CT molecular complexity index is 1460. The topological polar surface area (TPSA) is 128 Å². The second kappa shape index (κ2) is 14.9. The lowest BCUT2D eigenvalue weighted by molar-refractivity contribution is -0.137. The molecule has 0 unspecified atom stereocenters. The first-order chi connectivity index (χ1) is 21.0. The zero-order chi connectivity index (χ0) is 32.4. The molecule has 0 aliphatic carbocycles. The fourth-order valence-electron chi connectivity index (χ4n) is 4.14. The number of nitrogens with one attached hydrogen (secondary N) is 3. The molecule has 0 spiro atoms. The van der Waals surface area contributed by atoms with E-state index in [1.54, 1.807) is 43.3 Å². The first-order valence-corrected chi connectivity index (χ1v) is 13.8. The van der Waals surface area contributed by atoms with Crippen LogP contribution in [0.4, 0.5) is 52.6 Å². The molecule has 1 aliphatic heterocycles. The Morgan fingerprint density at radius 3 is 2.32 bits per heavy atom. The maximum atomic E-state index is 13.8. The maximum absolute atomic E-state index is 13.8. The Labute approximate surface area is 253 Å². The summed E-state index contributed by atoms with van der Waals surface area (Å²) in [7, 11) is 4.83. The Kier molecular flexibility index (Phi) is 11.3. The van der Waals surface area contributed by atoms with Gasteiger partial charge in [0.2, 0.25) is 17.7 Å². The van der Waals surface area contributed by atoms with E-state index in [1.807, 2.05) is 18.7 Å². The van der Waals surface area contributed by atoms with E-state index in [2.05, 4.69) is 37.5 Å². The van der Waals surface area contributed by atoms with Crippen LogP contribution >= 0.6 is 0 Å². The molecule has 15 heteroatoms. The molecule has 12 nitrogen and oxygen atoms in total. The number of benzene rings is 1. The average Bonchev–Trinajstić information content (AvgIpc) is 3.01. The van der Waals surface area contributed by atoms with Crippen LogP contribution < -0.4 is 25.6 Å². The molecule has 0 atom stereocenters. The first-order valence-electron chi connectivity index (χ1n) is 13.8. The van der Waals surface area contributed by atoms with Gasteiger partial charge in [-0.05, 0) is 36.4 Å². The summed E-state index contributed by atoms with van der Waals surface area (Å²) >= 11 is 0. The summed E-state index contributed by atoms with van der Waals surface area (Å²) in [6, 6.07) is 9.47. The van der Waals surface area contributed by atoms with E-state index in [9.17, 15) is 22.8 Å². The number of hydrogen-bond acceptors (Lipinski definition) is 9. The number of alkyl halides is 3. The van der Waals surface area contributed by atoms with Crippen molar-refractivity contribution in [1.29, 1.82) is 0 Å². The van der Waals surface area contributed by atoms with E-state index in [-0.39, 0.29) is 23.5 Å². The van der Waals surface area contributed by atoms with E-state index in [4.69, 9.17) is 4.74 Å². The Hall–Kier alpha value is -5.08. The van der Waals surface area contributed by atoms with Gasteiger partial charge in [-0.2, -0.15) is 23.1 Å². The molecular weight excluding hydrogens is 579 g/mol. The number of carbonyl (C=O) groups excluding carboxylic acids is 2. The number of methoxy groups -OCH3 is 1. The summed E-state index contributed by atoms with van der Waals surface area (Å²) in [5.41, 5.74) is -0.140. The minimum Gasteiger partial charge on any atom is -0.479 e. The lowest BCUT2D eigenvalue weighted by Crippen LogP contribution is -2.51. The van der Waals surface area contributed by atoms with E-state index in [1.165, 1.54) is 24.1 Å². The van der Waals surface area contributed by atoms with E-state index in [0.717, 1.165) is 6.08 Å². The maximum Gasteiger partial charge on any atom is 0.421 e. The fourth-order valence-corrected chi connectivity index (χ4v) is 4.14. The molecule has 1 aromatic carbocycles. The smallest absolute Gasteiger partial charge is 0.421 e. The van der Waals surface area contributed by atoms with Crippen LogP contribution in [0.25, 0.3) is 0 Å². The summed E-state index contributed by atoms with van der Waals surface area (Å²) in [6.07, 6.45) is -2.99. The third-order valence-corrected chi connectivity index (χ3v) is 6.21. The highest BCUT2D eigenvalue weighted by molar-refractivity contribution is 5.99. The molecule has 1 aliphatic rings. The monoisotopic (exact) mass is 615 g/mol. The molecule has 3 heterocycles. The second-order valence-corrected chi connectivity index (χ2v) is 9.36. The van der Waals surface area contributed by atoms with Gasteiger partial charge in [-0.25, -0.2) is 9.78 Å². The predicted octanol–water partition coefficient (Wildman–Crippen LogP) is 5.34. The zero-order valence-corrected chi connectivity index (χ0v) is 25.2. The number of pyridine rings is 1. The number of urea groups is 1. The van der Waals surface area contributed by atoms with Gasteiger partial charge in [0, 0.05) is 57.8 Å². The number of piperazine rings is 1. The minimum absolute atomic E-state index is 0.0581.